The summed E-state index contributed by atoms with van der Waals surface area (Å²) in [5, 5.41) is 0. The topological polar surface area (TPSA) is 35.3 Å². The minimum Gasteiger partial charge on any atom is -0.493 e. The molecule has 1 aromatic heterocycles. The van der Waals surface area contributed by atoms with Crippen LogP contribution < -0.4 is 4.74 Å². The van der Waals surface area contributed by atoms with E-state index in [1.807, 2.05) is 0 Å². The van der Waals surface area contributed by atoms with E-state index in [1.54, 1.807) is 0 Å². The first-order valence-corrected chi connectivity index (χ1v) is 12.6. The van der Waals surface area contributed by atoms with Crippen molar-refractivity contribution in [1.29, 1.82) is 0 Å². The zero-order chi connectivity index (χ0) is 23.3. The highest BCUT2D eigenvalue weighted by molar-refractivity contribution is 5.54. The number of aromatic nitrogens is 1. The van der Waals surface area contributed by atoms with E-state index in [9.17, 15) is 0 Å². The van der Waals surface area contributed by atoms with Crippen LogP contribution in [0.25, 0.3) is 11.5 Å². The molecule has 0 aliphatic heterocycles. The van der Waals surface area contributed by atoms with Crippen LogP contribution in [0.3, 0.4) is 0 Å². The van der Waals surface area contributed by atoms with Crippen molar-refractivity contribution >= 4 is 0 Å². The number of oxazole rings is 1. The second kappa shape index (κ2) is 10.3. The molecule has 34 heavy (non-hydrogen) atoms. The third-order valence-electron chi connectivity index (χ3n) is 6.97. The Morgan fingerprint density at radius 2 is 1.74 bits per heavy atom. The minimum atomic E-state index is 0.602. The summed E-state index contributed by atoms with van der Waals surface area (Å²) in [5.41, 5.74) is 7.58. The van der Waals surface area contributed by atoms with Crippen molar-refractivity contribution in [3.05, 3.63) is 107 Å². The summed E-state index contributed by atoms with van der Waals surface area (Å²) < 4.78 is 12.2. The van der Waals surface area contributed by atoms with E-state index >= 15 is 0 Å². The molecule has 0 radical (unpaired) electrons. The molecule has 0 saturated heterocycles. The van der Waals surface area contributed by atoms with Crippen molar-refractivity contribution in [2.45, 2.75) is 58.3 Å². The highest BCUT2D eigenvalue weighted by Crippen LogP contribution is 2.37. The van der Waals surface area contributed by atoms with Gasteiger partial charge in [-0.1, -0.05) is 62.4 Å². The summed E-state index contributed by atoms with van der Waals surface area (Å²) in [6.07, 6.45) is 6.15. The highest BCUT2D eigenvalue weighted by atomic mass is 16.5. The van der Waals surface area contributed by atoms with Gasteiger partial charge in [0.1, 0.15) is 11.5 Å². The van der Waals surface area contributed by atoms with Crippen LogP contribution in [0, 0.1) is 0 Å². The van der Waals surface area contributed by atoms with Gasteiger partial charge in [-0.2, -0.15) is 0 Å². The lowest BCUT2D eigenvalue weighted by Gasteiger charge is -2.10. The van der Waals surface area contributed by atoms with Gasteiger partial charge in [-0.15, -0.1) is 0 Å². The fourth-order valence-electron chi connectivity index (χ4n) is 5.04. The molecule has 4 aromatic rings. The SMILES string of the molecule is CCc1oc(-c2ccc(Cc3ccccc3)cc2)nc1CCOc1ccc2c(c1)CC[C@H]2CC. The molecule has 1 atom stereocenters. The first-order chi connectivity index (χ1) is 16.7. The number of aryl methyl sites for hydroxylation is 2. The Balaban J connectivity index is 1.22. The molecule has 0 saturated carbocycles. The van der Waals surface area contributed by atoms with Crippen molar-refractivity contribution < 1.29 is 9.15 Å². The Bertz CT molecular complexity index is 1220. The van der Waals surface area contributed by atoms with Crippen LogP contribution in [-0.4, -0.2) is 11.6 Å². The van der Waals surface area contributed by atoms with E-state index in [2.05, 4.69) is 86.6 Å². The number of fused-ring (bicyclic) bond motifs is 1. The van der Waals surface area contributed by atoms with Gasteiger partial charge in [-0.3, -0.25) is 0 Å². The third-order valence-corrected chi connectivity index (χ3v) is 6.97. The summed E-state index contributed by atoms with van der Waals surface area (Å²) in [6.45, 7) is 4.99. The van der Waals surface area contributed by atoms with E-state index in [-0.39, 0.29) is 0 Å². The Kier molecular flexibility index (Phi) is 6.80. The van der Waals surface area contributed by atoms with Crippen LogP contribution in [0.2, 0.25) is 0 Å². The molecule has 0 fully saturated rings. The van der Waals surface area contributed by atoms with E-state index in [0.717, 1.165) is 47.9 Å². The molecular weight excluding hydrogens is 418 g/mol. The lowest BCUT2D eigenvalue weighted by atomic mass is 9.99. The minimum absolute atomic E-state index is 0.602. The lowest BCUT2D eigenvalue weighted by molar-refractivity contribution is 0.319. The zero-order valence-electron chi connectivity index (χ0n) is 20.2. The number of rotatable bonds is 9. The molecule has 1 aliphatic carbocycles. The molecule has 1 heterocycles. The maximum atomic E-state index is 6.13. The standard InChI is InChI=1S/C31H33NO2/c1-3-24-14-15-26-21-27(16-17-28(24)26)33-19-18-29-30(4-2)34-31(32-29)25-12-10-23(11-13-25)20-22-8-6-5-7-9-22/h5-13,16-17,21,24H,3-4,14-15,18-20H2,1-2H3/t24-/m1/s1. The molecule has 1 aliphatic rings. The second-order valence-corrected chi connectivity index (χ2v) is 9.20. The number of ether oxygens (including phenoxy) is 1. The lowest BCUT2D eigenvalue weighted by Crippen LogP contribution is -2.04. The average Bonchev–Trinajstić information content (AvgIpc) is 3.48. The maximum absolute atomic E-state index is 6.13. The quantitative estimate of drug-likeness (QED) is 0.263. The fraction of sp³-hybridized carbons (Fsp3) is 0.323. The zero-order valence-corrected chi connectivity index (χ0v) is 20.2. The van der Waals surface area contributed by atoms with Gasteiger partial charge in [0.15, 0.2) is 0 Å². The number of benzene rings is 3. The summed E-state index contributed by atoms with van der Waals surface area (Å²) in [5.74, 6) is 3.33. The number of hydrogen-bond acceptors (Lipinski definition) is 3. The van der Waals surface area contributed by atoms with Gasteiger partial charge >= 0.3 is 0 Å². The largest absolute Gasteiger partial charge is 0.493 e. The van der Waals surface area contributed by atoms with Crippen LogP contribution in [0.4, 0.5) is 0 Å². The van der Waals surface area contributed by atoms with Crippen molar-refractivity contribution in [1.82, 2.24) is 4.98 Å². The smallest absolute Gasteiger partial charge is 0.226 e. The molecule has 0 N–H and O–H groups in total. The molecule has 0 unspecified atom stereocenters. The monoisotopic (exact) mass is 451 g/mol. The maximum Gasteiger partial charge on any atom is 0.226 e. The fourth-order valence-corrected chi connectivity index (χ4v) is 5.04. The highest BCUT2D eigenvalue weighted by Gasteiger charge is 2.21. The molecule has 5 rings (SSSR count). The average molecular weight is 452 g/mol. The van der Waals surface area contributed by atoms with E-state index in [0.29, 0.717) is 12.5 Å². The summed E-state index contributed by atoms with van der Waals surface area (Å²) in [6, 6.07) is 25.7. The van der Waals surface area contributed by atoms with Gasteiger partial charge in [0.25, 0.3) is 0 Å². The summed E-state index contributed by atoms with van der Waals surface area (Å²) in [7, 11) is 0. The normalized spacial score (nSPS) is 14.8. The van der Waals surface area contributed by atoms with Crippen LogP contribution in [0.5, 0.6) is 5.75 Å². The van der Waals surface area contributed by atoms with Crippen molar-refractivity contribution in [3.63, 3.8) is 0 Å². The van der Waals surface area contributed by atoms with E-state index < -0.39 is 0 Å². The van der Waals surface area contributed by atoms with Crippen molar-refractivity contribution in [2.75, 3.05) is 6.61 Å². The molecule has 0 spiro atoms. The van der Waals surface area contributed by atoms with Crippen LogP contribution in [-0.2, 0) is 25.7 Å². The molecule has 3 nitrogen and oxygen atoms in total. The van der Waals surface area contributed by atoms with Gasteiger partial charge in [0.05, 0.1) is 12.3 Å². The van der Waals surface area contributed by atoms with E-state index in [1.165, 1.54) is 41.5 Å². The Morgan fingerprint density at radius 3 is 2.50 bits per heavy atom. The molecule has 174 valence electrons. The number of hydrogen-bond donors (Lipinski definition) is 0. The molecule has 0 amide bonds. The first kappa shape index (κ1) is 22.5. The second-order valence-electron chi connectivity index (χ2n) is 9.20. The van der Waals surface area contributed by atoms with Crippen molar-refractivity contribution in [3.8, 4) is 17.2 Å². The van der Waals surface area contributed by atoms with Gasteiger partial charge in [0.2, 0.25) is 5.89 Å². The molecule has 3 aromatic carbocycles. The van der Waals surface area contributed by atoms with Crippen LogP contribution in [0.15, 0.2) is 77.2 Å². The molecule has 3 heteroatoms. The first-order valence-electron chi connectivity index (χ1n) is 12.6. The Labute approximate surface area is 202 Å². The summed E-state index contributed by atoms with van der Waals surface area (Å²) in [4.78, 5) is 4.83. The van der Waals surface area contributed by atoms with Crippen LogP contribution in [0.1, 0.15) is 66.3 Å². The number of nitrogens with zero attached hydrogens (tertiary/aromatic N) is 1. The third kappa shape index (κ3) is 4.94. The van der Waals surface area contributed by atoms with Crippen LogP contribution >= 0.6 is 0 Å². The summed E-state index contributed by atoms with van der Waals surface area (Å²) >= 11 is 0. The Morgan fingerprint density at radius 1 is 0.941 bits per heavy atom. The van der Waals surface area contributed by atoms with Gasteiger partial charge in [-0.25, -0.2) is 4.98 Å². The van der Waals surface area contributed by atoms with Gasteiger partial charge < -0.3 is 9.15 Å². The Hall–Kier alpha value is -3.33. The van der Waals surface area contributed by atoms with Gasteiger partial charge in [0, 0.05) is 18.4 Å². The predicted octanol–water partition coefficient (Wildman–Crippen LogP) is 7.56. The molecule has 0 bridgehead atoms. The van der Waals surface area contributed by atoms with Crippen molar-refractivity contribution in [2.24, 2.45) is 0 Å². The van der Waals surface area contributed by atoms with Gasteiger partial charge in [-0.05, 0) is 78.1 Å². The molecular formula is C31H33NO2. The predicted molar refractivity (Wildman–Crippen MR) is 138 cm³/mol. The van der Waals surface area contributed by atoms with E-state index in [4.69, 9.17) is 14.1 Å².